The summed E-state index contributed by atoms with van der Waals surface area (Å²) in [6.07, 6.45) is 0.694. The summed E-state index contributed by atoms with van der Waals surface area (Å²) < 4.78 is 5.18. The monoisotopic (exact) mass is 366 g/mol. The van der Waals surface area contributed by atoms with E-state index in [9.17, 15) is 0 Å². The number of aromatic nitrogens is 2. The van der Waals surface area contributed by atoms with E-state index < -0.39 is 0 Å². The number of hydrogen-bond donors (Lipinski definition) is 2. The fourth-order valence-corrected chi connectivity index (χ4v) is 3.21. The Labute approximate surface area is 147 Å². The summed E-state index contributed by atoms with van der Waals surface area (Å²) in [5.41, 5.74) is 6.87. The molecule has 0 amide bonds. The second kappa shape index (κ2) is 9.47. The van der Waals surface area contributed by atoms with Gasteiger partial charge in [0.1, 0.15) is 16.5 Å². The van der Waals surface area contributed by atoms with Crippen LogP contribution in [0, 0.1) is 13.8 Å². The zero-order valence-electron chi connectivity index (χ0n) is 13.3. The zero-order chi connectivity index (χ0) is 14.7. The molecule has 8 heteroatoms. The molecule has 0 saturated heterocycles. The molecule has 22 heavy (non-hydrogen) atoms. The van der Waals surface area contributed by atoms with Crippen LogP contribution in [-0.4, -0.2) is 36.3 Å². The predicted octanol–water partition coefficient (Wildman–Crippen LogP) is 3.10. The van der Waals surface area contributed by atoms with Crippen LogP contribution in [0.25, 0.3) is 10.2 Å². The lowest BCUT2D eigenvalue weighted by atomic mass is 10.2. The number of thiophene rings is 1. The van der Waals surface area contributed by atoms with Crippen LogP contribution in [0.4, 0.5) is 5.82 Å². The molecular formula is C14H24Cl2N4OS. The van der Waals surface area contributed by atoms with Crippen LogP contribution in [0.3, 0.4) is 0 Å². The van der Waals surface area contributed by atoms with Gasteiger partial charge in [-0.25, -0.2) is 9.97 Å². The number of hydrogen-bond acceptors (Lipinski definition) is 6. The number of aryl methyl sites for hydroxylation is 2. The lowest BCUT2D eigenvalue weighted by Crippen LogP contribution is -2.22. The van der Waals surface area contributed by atoms with E-state index in [0.29, 0.717) is 19.6 Å². The molecule has 5 nitrogen and oxygen atoms in total. The van der Waals surface area contributed by atoms with Crippen molar-refractivity contribution in [3.05, 3.63) is 16.3 Å². The van der Waals surface area contributed by atoms with Gasteiger partial charge in [-0.3, -0.25) is 0 Å². The Hall–Kier alpha value is -0.660. The second-order valence-corrected chi connectivity index (χ2v) is 6.19. The highest BCUT2D eigenvalue weighted by atomic mass is 35.5. The van der Waals surface area contributed by atoms with Gasteiger partial charge in [0.2, 0.25) is 0 Å². The molecule has 0 unspecified atom stereocenters. The maximum absolute atomic E-state index is 5.62. The third-order valence-corrected chi connectivity index (χ3v) is 4.34. The van der Waals surface area contributed by atoms with Crippen molar-refractivity contribution >= 4 is 52.2 Å². The Bertz CT molecular complexity index is 606. The van der Waals surface area contributed by atoms with Crippen molar-refractivity contribution in [2.45, 2.75) is 33.2 Å². The Morgan fingerprint density at radius 2 is 1.95 bits per heavy atom. The minimum atomic E-state index is 0. The summed E-state index contributed by atoms with van der Waals surface area (Å²) in [6.45, 7) is 7.51. The Balaban J connectivity index is 0.00000220. The minimum absolute atomic E-state index is 0. The molecule has 0 radical (unpaired) electrons. The molecule has 0 spiro atoms. The number of halogens is 2. The van der Waals surface area contributed by atoms with Crippen molar-refractivity contribution in [1.82, 2.24) is 9.97 Å². The molecule has 0 saturated carbocycles. The Morgan fingerprint density at radius 1 is 1.27 bits per heavy atom. The first-order chi connectivity index (χ1) is 9.56. The summed E-state index contributed by atoms with van der Waals surface area (Å²) in [5, 5.41) is 4.55. The molecule has 0 aliphatic rings. The average Bonchev–Trinajstić information content (AvgIpc) is 2.66. The van der Waals surface area contributed by atoms with Gasteiger partial charge in [-0.15, -0.1) is 36.2 Å². The standard InChI is InChI=1S/C14H22N4OS.2ClH/c1-8(7-19-4)16-13-12-9(2)10(3)20-14(12)18-11(17-13)5-6-15;;/h8H,5-7,15H2,1-4H3,(H,16,17,18);2*1H/t8-;;/m0../s1. The quantitative estimate of drug-likeness (QED) is 0.821. The van der Waals surface area contributed by atoms with Gasteiger partial charge in [0.25, 0.3) is 0 Å². The van der Waals surface area contributed by atoms with Gasteiger partial charge < -0.3 is 15.8 Å². The summed E-state index contributed by atoms with van der Waals surface area (Å²) in [7, 11) is 1.70. The number of rotatable bonds is 6. The van der Waals surface area contributed by atoms with Gasteiger partial charge in [0.05, 0.1) is 12.0 Å². The molecule has 0 bridgehead atoms. The number of fused-ring (bicyclic) bond motifs is 1. The fraction of sp³-hybridized carbons (Fsp3) is 0.571. The largest absolute Gasteiger partial charge is 0.383 e. The van der Waals surface area contributed by atoms with Crippen LogP contribution < -0.4 is 11.1 Å². The van der Waals surface area contributed by atoms with Crippen molar-refractivity contribution in [1.29, 1.82) is 0 Å². The van der Waals surface area contributed by atoms with Crippen LogP contribution in [-0.2, 0) is 11.2 Å². The number of methoxy groups -OCH3 is 1. The molecule has 2 aromatic heterocycles. The minimum Gasteiger partial charge on any atom is -0.383 e. The average molecular weight is 367 g/mol. The summed E-state index contributed by atoms with van der Waals surface area (Å²) >= 11 is 1.71. The van der Waals surface area contributed by atoms with Crippen molar-refractivity contribution in [3.8, 4) is 0 Å². The highest BCUT2D eigenvalue weighted by Crippen LogP contribution is 2.33. The normalized spacial score (nSPS) is 11.7. The first-order valence-corrected chi connectivity index (χ1v) is 7.60. The van der Waals surface area contributed by atoms with E-state index in [1.54, 1.807) is 18.4 Å². The van der Waals surface area contributed by atoms with E-state index in [1.165, 1.54) is 10.4 Å². The zero-order valence-corrected chi connectivity index (χ0v) is 15.8. The molecule has 0 aliphatic heterocycles. The maximum Gasteiger partial charge on any atom is 0.139 e. The van der Waals surface area contributed by atoms with Gasteiger partial charge in [-0.2, -0.15) is 0 Å². The first kappa shape index (κ1) is 21.3. The molecule has 3 N–H and O–H groups in total. The maximum atomic E-state index is 5.62. The van der Waals surface area contributed by atoms with Crippen molar-refractivity contribution in [3.63, 3.8) is 0 Å². The first-order valence-electron chi connectivity index (χ1n) is 6.79. The Morgan fingerprint density at radius 3 is 2.55 bits per heavy atom. The van der Waals surface area contributed by atoms with E-state index in [-0.39, 0.29) is 30.9 Å². The van der Waals surface area contributed by atoms with Gasteiger partial charge >= 0.3 is 0 Å². The van der Waals surface area contributed by atoms with Gasteiger partial charge in [0.15, 0.2) is 0 Å². The number of anilines is 1. The molecule has 1 atom stereocenters. The number of ether oxygens (including phenoxy) is 1. The molecule has 126 valence electrons. The SMILES string of the molecule is COC[C@H](C)Nc1nc(CCN)nc2sc(C)c(C)c12.Cl.Cl. The van der Waals surface area contributed by atoms with E-state index in [0.717, 1.165) is 21.9 Å². The van der Waals surface area contributed by atoms with Gasteiger partial charge in [0, 0.05) is 24.4 Å². The lowest BCUT2D eigenvalue weighted by molar-refractivity contribution is 0.190. The topological polar surface area (TPSA) is 73.1 Å². The van der Waals surface area contributed by atoms with Crippen LogP contribution in [0.1, 0.15) is 23.2 Å². The third-order valence-electron chi connectivity index (χ3n) is 3.24. The van der Waals surface area contributed by atoms with E-state index in [1.807, 2.05) is 0 Å². The fourth-order valence-electron chi connectivity index (χ4n) is 2.16. The van der Waals surface area contributed by atoms with Crippen LogP contribution in [0.2, 0.25) is 0 Å². The van der Waals surface area contributed by atoms with E-state index >= 15 is 0 Å². The smallest absolute Gasteiger partial charge is 0.139 e. The van der Waals surface area contributed by atoms with E-state index in [2.05, 4.69) is 36.1 Å². The number of nitrogens with two attached hydrogens (primary N) is 1. The highest BCUT2D eigenvalue weighted by molar-refractivity contribution is 7.18. The Kier molecular flexibility index (Phi) is 9.19. The van der Waals surface area contributed by atoms with Crippen LogP contribution in [0.15, 0.2) is 0 Å². The predicted molar refractivity (Wildman–Crippen MR) is 99.1 cm³/mol. The van der Waals surface area contributed by atoms with Gasteiger partial charge in [-0.05, 0) is 32.9 Å². The lowest BCUT2D eigenvalue weighted by Gasteiger charge is -2.15. The van der Waals surface area contributed by atoms with Crippen molar-refractivity contribution < 1.29 is 4.74 Å². The van der Waals surface area contributed by atoms with Crippen molar-refractivity contribution in [2.24, 2.45) is 5.73 Å². The van der Waals surface area contributed by atoms with Crippen molar-refractivity contribution in [2.75, 3.05) is 25.6 Å². The second-order valence-electron chi connectivity index (χ2n) is 4.99. The molecule has 0 aromatic carbocycles. The highest BCUT2D eigenvalue weighted by Gasteiger charge is 2.15. The number of nitrogens with one attached hydrogen (secondary N) is 1. The summed E-state index contributed by atoms with van der Waals surface area (Å²) in [5.74, 6) is 1.69. The molecule has 0 fully saturated rings. The van der Waals surface area contributed by atoms with Crippen LogP contribution in [0.5, 0.6) is 0 Å². The molecule has 2 heterocycles. The number of nitrogens with zero attached hydrogens (tertiary/aromatic N) is 2. The molecular weight excluding hydrogens is 343 g/mol. The van der Waals surface area contributed by atoms with E-state index in [4.69, 9.17) is 10.5 Å². The molecule has 2 rings (SSSR count). The summed E-state index contributed by atoms with van der Waals surface area (Å²) in [6, 6.07) is 0.198. The summed E-state index contributed by atoms with van der Waals surface area (Å²) in [4.78, 5) is 11.6. The molecule has 2 aromatic rings. The third kappa shape index (κ3) is 4.67. The van der Waals surface area contributed by atoms with Crippen LogP contribution >= 0.6 is 36.2 Å². The van der Waals surface area contributed by atoms with Gasteiger partial charge in [-0.1, -0.05) is 0 Å². The molecule has 0 aliphatic carbocycles.